The number of para-hydroxylation sites is 1. The number of fused-ring (bicyclic) bond motifs is 2. The van der Waals surface area contributed by atoms with Crippen LogP contribution in [-0.4, -0.2) is 45.7 Å². The molecule has 0 spiro atoms. The van der Waals surface area contributed by atoms with Crippen molar-refractivity contribution < 1.29 is 17.9 Å². The van der Waals surface area contributed by atoms with Crippen molar-refractivity contribution in [1.82, 2.24) is 9.62 Å². The highest BCUT2D eigenvalue weighted by atomic mass is 32.2. The first-order chi connectivity index (χ1) is 12.0. The van der Waals surface area contributed by atoms with Crippen molar-refractivity contribution in [2.24, 2.45) is 0 Å². The minimum atomic E-state index is -3.56. The monoisotopic (exact) mass is 360 g/mol. The number of hydrogen-bond donors (Lipinski definition) is 1. The second kappa shape index (κ2) is 6.33. The molecule has 132 valence electrons. The van der Waals surface area contributed by atoms with E-state index in [9.17, 15) is 8.42 Å². The van der Waals surface area contributed by atoms with E-state index in [2.05, 4.69) is 9.62 Å². The summed E-state index contributed by atoms with van der Waals surface area (Å²) in [4.78, 5) is 2.42. The van der Waals surface area contributed by atoms with Gasteiger partial charge in [0.15, 0.2) is 0 Å². The number of nitrogens with zero attached hydrogens (tertiary/aromatic N) is 1. The lowest BCUT2D eigenvalue weighted by Crippen LogP contribution is -2.42. The molecular weight excluding hydrogens is 340 g/mol. The minimum absolute atomic E-state index is 0.198. The second-order valence-electron chi connectivity index (χ2n) is 6.37. The lowest BCUT2D eigenvalue weighted by molar-refractivity contribution is 0.184. The van der Waals surface area contributed by atoms with Crippen molar-refractivity contribution in [3.63, 3.8) is 0 Å². The van der Waals surface area contributed by atoms with Gasteiger partial charge in [-0.25, -0.2) is 13.1 Å². The molecule has 0 saturated carbocycles. The van der Waals surface area contributed by atoms with E-state index < -0.39 is 10.0 Å². The second-order valence-corrected chi connectivity index (χ2v) is 8.06. The van der Waals surface area contributed by atoms with E-state index in [1.807, 2.05) is 24.3 Å². The molecule has 4 rings (SSSR count). The molecule has 2 aromatic carbocycles. The fourth-order valence-corrected chi connectivity index (χ4v) is 4.79. The Morgan fingerprint density at radius 3 is 2.68 bits per heavy atom. The van der Waals surface area contributed by atoms with Crippen LogP contribution in [0.5, 0.6) is 11.5 Å². The van der Waals surface area contributed by atoms with E-state index in [1.54, 1.807) is 31.4 Å². The van der Waals surface area contributed by atoms with Gasteiger partial charge in [-0.05, 0) is 29.8 Å². The van der Waals surface area contributed by atoms with Crippen LogP contribution in [0.15, 0.2) is 53.4 Å². The summed E-state index contributed by atoms with van der Waals surface area (Å²) in [6.07, 6.45) is -0.198. The molecule has 2 atom stereocenters. The maximum Gasteiger partial charge on any atom is 0.244 e. The van der Waals surface area contributed by atoms with Crippen LogP contribution in [0.3, 0.4) is 0 Å². The molecule has 0 aromatic heterocycles. The van der Waals surface area contributed by atoms with Gasteiger partial charge in [-0.1, -0.05) is 24.3 Å². The SMILES string of the molecule is COc1ccc(CN2CC3NS(=O)(=O)c4ccccc4OC3C2)cc1. The summed E-state index contributed by atoms with van der Waals surface area (Å²) in [7, 11) is -1.91. The van der Waals surface area contributed by atoms with Gasteiger partial charge in [0.2, 0.25) is 10.0 Å². The normalized spacial score (nSPS) is 24.7. The molecule has 2 aromatic rings. The fraction of sp³-hybridized carbons (Fsp3) is 0.333. The van der Waals surface area contributed by atoms with Crippen molar-refractivity contribution in [3.05, 3.63) is 54.1 Å². The lowest BCUT2D eigenvalue weighted by atomic mass is 10.2. The molecule has 6 nitrogen and oxygen atoms in total. The van der Waals surface area contributed by atoms with Gasteiger partial charge in [0.05, 0.1) is 13.2 Å². The van der Waals surface area contributed by atoms with Gasteiger partial charge in [0.25, 0.3) is 0 Å². The zero-order chi connectivity index (χ0) is 17.4. The molecule has 1 N–H and O–H groups in total. The Hall–Kier alpha value is -2.09. The largest absolute Gasteiger partial charge is 0.497 e. The third kappa shape index (κ3) is 3.22. The quantitative estimate of drug-likeness (QED) is 0.901. The zero-order valence-corrected chi connectivity index (χ0v) is 14.7. The molecule has 2 aliphatic rings. The number of hydrogen-bond acceptors (Lipinski definition) is 5. The van der Waals surface area contributed by atoms with E-state index in [0.717, 1.165) is 17.9 Å². The topological polar surface area (TPSA) is 67.9 Å². The van der Waals surface area contributed by atoms with Gasteiger partial charge >= 0.3 is 0 Å². The number of methoxy groups -OCH3 is 1. The van der Waals surface area contributed by atoms with Gasteiger partial charge in [-0.15, -0.1) is 0 Å². The van der Waals surface area contributed by atoms with Gasteiger partial charge < -0.3 is 9.47 Å². The predicted octanol–water partition coefficient (Wildman–Crippen LogP) is 1.62. The van der Waals surface area contributed by atoms with Gasteiger partial charge in [0.1, 0.15) is 22.5 Å². The van der Waals surface area contributed by atoms with Crippen molar-refractivity contribution in [2.75, 3.05) is 20.2 Å². The van der Waals surface area contributed by atoms with E-state index >= 15 is 0 Å². The van der Waals surface area contributed by atoms with Gasteiger partial charge in [-0.3, -0.25) is 4.90 Å². The van der Waals surface area contributed by atoms with E-state index in [-0.39, 0.29) is 17.0 Å². The first-order valence-corrected chi connectivity index (χ1v) is 9.67. The van der Waals surface area contributed by atoms with Crippen molar-refractivity contribution in [2.45, 2.75) is 23.6 Å². The summed E-state index contributed by atoms with van der Waals surface area (Å²) in [5, 5.41) is 0. The third-order valence-electron chi connectivity index (χ3n) is 4.63. The number of sulfonamides is 1. The Labute approximate surface area is 147 Å². The van der Waals surface area contributed by atoms with Crippen molar-refractivity contribution in [3.8, 4) is 11.5 Å². The molecule has 0 radical (unpaired) electrons. The number of ether oxygens (including phenoxy) is 2. The summed E-state index contributed by atoms with van der Waals surface area (Å²) < 4.78 is 39.1. The molecular formula is C18H20N2O4S. The Bertz CT molecular complexity index is 867. The van der Waals surface area contributed by atoms with E-state index in [0.29, 0.717) is 18.8 Å². The third-order valence-corrected chi connectivity index (χ3v) is 6.16. The van der Waals surface area contributed by atoms with Crippen LogP contribution in [0, 0.1) is 0 Å². The Morgan fingerprint density at radius 1 is 1.16 bits per heavy atom. The molecule has 2 unspecified atom stereocenters. The first kappa shape index (κ1) is 16.4. The van der Waals surface area contributed by atoms with Crippen molar-refractivity contribution >= 4 is 10.0 Å². The fourth-order valence-electron chi connectivity index (χ4n) is 3.40. The highest BCUT2D eigenvalue weighted by Crippen LogP contribution is 2.31. The van der Waals surface area contributed by atoms with Crippen LogP contribution in [0.2, 0.25) is 0 Å². The Balaban J connectivity index is 1.52. The van der Waals surface area contributed by atoms with Crippen LogP contribution in [0.25, 0.3) is 0 Å². The average molecular weight is 360 g/mol. The van der Waals surface area contributed by atoms with Crippen LogP contribution in [-0.2, 0) is 16.6 Å². The van der Waals surface area contributed by atoms with Crippen LogP contribution in [0.4, 0.5) is 0 Å². The van der Waals surface area contributed by atoms with Crippen molar-refractivity contribution in [1.29, 1.82) is 0 Å². The minimum Gasteiger partial charge on any atom is -0.497 e. The summed E-state index contributed by atoms with van der Waals surface area (Å²) in [6, 6.07) is 14.4. The molecule has 2 heterocycles. The summed E-state index contributed by atoms with van der Waals surface area (Å²) in [5.41, 5.74) is 1.15. The maximum atomic E-state index is 12.5. The van der Waals surface area contributed by atoms with Gasteiger partial charge in [-0.2, -0.15) is 0 Å². The predicted molar refractivity (Wildman–Crippen MR) is 93.2 cm³/mol. The number of nitrogens with one attached hydrogen (secondary N) is 1. The Kier molecular flexibility index (Phi) is 4.15. The number of rotatable bonds is 3. The van der Waals surface area contributed by atoms with E-state index in [1.165, 1.54) is 0 Å². The van der Waals surface area contributed by atoms with Crippen LogP contribution < -0.4 is 14.2 Å². The highest BCUT2D eigenvalue weighted by molar-refractivity contribution is 7.89. The summed E-state index contributed by atoms with van der Waals surface area (Å²) in [5.74, 6) is 1.25. The van der Waals surface area contributed by atoms with E-state index in [4.69, 9.17) is 9.47 Å². The summed E-state index contributed by atoms with van der Waals surface area (Å²) in [6.45, 7) is 2.03. The zero-order valence-electron chi connectivity index (χ0n) is 13.9. The highest BCUT2D eigenvalue weighted by Gasteiger charge is 2.40. The molecule has 0 amide bonds. The van der Waals surface area contributed by atoms with Crippen LogP contribution in [0.1, 0.15) is 5.56 Å². The number of benzene rings is 2. The standard InChI is InChI=1S/C18H20N2O4S/c1-23-14-8-6-13(7-9-14)10-20-11-15-17(12-20)24-16-4-2-3-5-18(16)25(21,22)19-15/h2-9,15,17,19H,10-12H2,1H3. The molecule has 7 heteroatoms. The first-order valence-electron chi connectivity index (χ1n) is 8.18. The molecule has 1 fully saturated rings. The molecule has 1 saturated heterocycles. The Morgan fingerprint density at radius 2 is 1.92 bits per heavy atom. The van der Waals surface area contributed by atoms with Crippen LogP contribution >= 0.6 is 0 Å². The maximum absolute atomic E-state index is 12.5. The smallest absolute Gasteiger partial charge is 0.244 e. The lowest BCUT2D eigenvalue weighted by Gasteiger charge is -2.17. The number of likely N-dealkylation sites (tertiary alicyclic amines) is 1. The molecule has 2 aliphatic heterocycles. The molecule has 0 aliphatic carbocycles. The molecule has 25 heavy (non-hydrogen) atoms. The van der Waals surface area contributed by atoms with Gasteiger partial charge in [0, 0.05) is 19.6 Å². The summed E-state index contributed by atoms with van der Waals surface area (Å²) >= 11 is 0. The average Bonchev–Trinajstić information content (AvgIpc) is 2.91. The molecule has 0 bridgehead atoms.